The van der Waals surface area contributed by atoms with Crippen LogP contribution in [0, 0.1) is 0 Å². The van der Waals surface area contributed by atoms with Gasteiger partial charge in [-0.15, -0.1) is 0 Å². The minimum Gasteiger partial charge on any atom is -0.486 e. The van der Waals surface area contributed by atoms with Crippen molar-refractivity contribution in [3.05, 3.63) is 22.4 Å². The van der Waals surface area contributed by atoms with E-state index in [0.29, 0.717) is 19.0 Å². The molecule has 0 bridgehead atoms. The number of halogens is 1. The normalized spacial score (nSPS) is 13.5. The van der Waals surface area contributed by atoms with Gasteiger partial charge in [-0.1, -0.05) is 6.92 Å². The molecule has 0 saturated heterocycles. The van der Waals surface area contributed by atoms with E-state index >= 15 is 0 Å². The van der Waals surface area contributed by atoms with E-state index in [4.69, 9.17) is 15.2 Å². The Hall–Kier alpha value is -1.69. The topological polar surface area (TPSA) is 62.3 Å². The number of ether oxygens (including phenoxy) is 2. The Bertz CT molecular complexity index is 682. The van der Waals surface area contributed by atoms with Crippen molar-refractivity contribution in [2.75, 3.05) is 18.9 Å². The van der Waals surface area contributed by atoms with Crippen LogP contribution in [0.4, 0.5) is 5.82 Å². The minimum atomic E-state index is 0.558. The third-order valence-electron chi connectivity index (χ3n) is 3.59. The predicted octanol–water partition coefficient (Wildman–Crippen LogP) is 3.25. The van der Waals surface area contributed by atoms with Crippen molar-refractivity contribution in [3.8, 4) is 22.8 Å². The summed E-state index contributed by atoms with van der Waals surface area (Å²) < 4.78 is 14.2. The van der Waals surface area contributed by atoms with Crippen LogP contribution in [-0.2, 0) is 13.0 Å². The molecule has 0 saturated carbocycles. The number of benzene rings is 1. The Morgan fingerprint density at radius 2 is 2.05 bits per heavy atom. The summed E-state index contributed by atoms with van der Waals surface area (Å²) in [5, 5.41) is 0. The highest BCUT2D eigenvalue weighted by Crippen LogP contribution is 2.42. The van der Waals surface area contributed by atoms with Crippen LogP contribution in [0.25, 0.3) is 11.3 Å². The molecule has 0 aliphatic carbocycles. The third kappa shape index (κ3) is 2.37. The number of nitrogens with zero attached hydrogens (tertiary/aromatic N) is 2. The van der Waals surface area contributed by atoms with Crippen LogP contribution in [-0.4, -0.2) is 22.8 Å². The summed E-state index contributed by atoms with van der Waals surface area (Å²) in [4.78, 5) is 4.68. The smallest absolute Gasteiger partial charge is 0.175 e. The molecule has 0 amide bonds. The lowest BCUT2D eigenvalue weighted by Crippen LogP contribution is -2.15. The number of aromatic nitrogens is 2. The Balaban J connectivity index is 2.13. The standard InChI is InChI=1S/C15H18BrN3O2/c1-3-12-18-13(15(17)19(12)4-2)9-7-10(16)14-11(8-9)20-5-6-21-14/h7-8H,3-6,17H2,1-2H3. The van der Waals surface area contributed by atoms with E-state index in [9.17, 15) is 0 Å². The van der Waals surface area contributed by atoms with Crippen LogP contribution >= 0.6 is 15.9 Å². The molecular weight excluding hydrogens is 334 g/mol. The van der Waals surface area contributed by atoms with E-state index in [-0.39, 0.29) is 0 Å². The van der Waals surface area contributed by atoms with E-state index in [1.54, 1.807) is 0 Å². The molecule has 6 heteroatoms. The first-order chi connectivity index (χ1) is 10.2. The first kappa shape index (κ1) is 14.3. The Morgan fingerprint density at radius 3 is 2.71 bits per heavy atom. The first-order valence-corrected chi connectivity index (χ1v) is 7.89. The molecule has 21 heavy (non-hydrogen) atoms. The summed E-state index contributed by atoms with van der Waals surface area (Å²) in [6.07, 6.45) is 0.851. The van der Waals surface area contributed by atoms with Crippen LogP contribution in [0.2, 0.25) is 0 Å². The number of hydrogen-bond donors (Lipinski definition) is 1. The molecule has 5 nitrogen and oxygen atoms in total. The molecule has 1 aromatic heterocycles. The first-order valence-electron chi connectivity index (χ1n) is 7.10. The summed E-state index contributed by atoms with van der Waals surface area (Å²) in [5.74, 6) is 3.16. The average molecular weight is 352 g/mol. The van der Waals surface area contributed by atoms with E-state index in [0.717, 1.165) is 46.0 Å². The zero-order valence-electron chi connectivity index (χ0n) is 12.1. The van der Waals surface area contributed by atoms with Crippen molar-refractivity contribution in [3.63, 3.8) is 0 Å². The lowest BCUT2D eigenvalue weighted by atomic mass is 10.1. The maximum atomic E-state index is 6.26. The summed E-state index contributed by atoms with van der Waals surface area (Å²) in [6.45, 7) is 6.09. The molecule has 0 atom stereocenters. The van der Waals surface area contributed by atoms with Crippen molar-refractivity contribution >= 4 is 21.7 Å². The molecule has 3 rings (SSSR count). The molecule has 1 aliphatic rings. The average Bonchev–Trinajstić information content (AvgIpc) is 2.83. The Kier molecular flexibility index (Phi) is 3.80. The molecule has 0 fully saturated rings. The van der Waals surface area contributed by atoms with Crippen LogP contribution in [0.3, 0.4) is 0 Å². The maximum Gasteiger partial charge on any atom is 0.175 e. The predicted molar refractivity (Wildman–Crippen MR) is 85.8 cm³/mol. The van der Waals surface area contributed by atoms with Crippen LogP contribution < -0.4 is 15.2 Å². The van der Waals surface area contributed by atoms with Gasteiger partial charge in [-0.2, -0.15) is 0 Å². The Labute approximate surface area is 132 Å². The lowest BCUT2D eigenvalue weighted by Gasteiger charge is -2.20. The van der Waals surface area contributed by atoms with Crippen molar-refractivity contribution in [1.82, 2.24) is 9.55 Å². The van der Waals surface area contributed by atoms with Gasteiger partial charge < -0.3 is 19.8 Å². The number of nitrogens with two attached hydrogens (primary N) is 1. The van der Waals surface area contributed by atoms with Gasteiger partial charge in [0.2, 0.25) is 0 Å². The molecule has 2 N–H and O–H groups in total. The number of imidazole rings is 1. The van der Waals surface area contributed by atoms with E-state index in [1.807, 2.05) is 16.7 Å². The molecule has 2 heterocycles. The number of nitrogen functional groups attached to an aromatic ring is 1. The maximum absolute atomic E-state index is 6.26. The van der Waals surface area contributed by atoms with Gasteiger partial charge >= 0.3 is 0 Å². The van der Waals surface area contributed by atoms with Gasteiger partial charge in [0.25, 0.3) is 0 Å². The van der Waals surface area contributed by atoms with Gasteiger partial charge in [-0.25, -0.2) is 4.98 Å². The molecule has 1 aromatic carbocycles. The number of fused-ring (bicyclic) bond motifs is 1. The Morgan fingerprint density at radius 1 is 1.29 bits per heavy atom. The lowest BCUT2D eigenvalue weighted by molar-refractivity contribution is 0.170. The second kappa shape index (κ2) is 5.60. The van der Waals surface area contributed by atoms with Gasteiger partial charge in [0.1, 0.15) is 30.5 Å². The fourth-order valence-electron chi connectivity index (χ4n) is 2.60. The van der Waals surface area contributed by atoms with E-state index in [1.165, 1.54) is 0 Å². The second-order valence-electron chi connectivity index (χ2n) is 4.84. The van der Waals surface area contributed by atoms with Gasteiger partial charge in [0, 0.05) is 18.5 Å². The second-order valence-corrected chi connectivity index (χ2v) is 5.70. The third-order valence-corrected chi connectivity index (χ3v) is 4.18. The van der Waals surface area contributed by atoms with Gasteiger partial charge in [-0.3, -0.25) is 0 Å². The molecule has 112 valence electrons. The molecular formula is C15H18BrN3O2. The van der Waals surface area contributed by atoms with Crippen LogP contribution in [0.1, 0.15) is 19.7 Å². The highest BCUT2D eigenvalue weighted by Gasteiger charge is 2.20. The summed E-state index contributed by atoms with van der Waals surface area (Å²) >= 11 is 3.53. The van der Waals surface area contributed by atoms with Gasteiger partial charge in [0.15, 0.2) is 11.5 Å². The van der Waals surface area contributed by atoms with Crippen molar-refractivity contribution < 1.29 is 9.47 Å². The van der Waals surface area contributed by atoms with Gasteiger partial charge in [-0.05, 0) is 35.0 Å². The van der Waals surface area contributed by atoms with E-state index in [2.05, 4.69) is 34.8 Å². The zero-order chi connectivity index (χ0) is 15.0. The largest absolute Gasteiger partial charge is 0.486 e. The van der Waals surface area contributed by atoms with Crippen molar-refractivity contribution in [1.29, 1.82) is 0 Å². The number of rotatable bonds is 3. The van der Waals surface area contributed by atoms with Crippen LogP contribution in [0.15, 0.2) is 16.6 Å². The summed E-state index contributed by atoms with van der Waals surface area (Å²) in [7, 11) is 0. The quantitative estimate of drug-likeness (QED) is 0.921. The molecule has 0 spiro atoms. The monoisotopic (exact) mass is 351 g/mol. The molecule has 0 unspecified atom stereocenters. The van der Waals surface area contributed by atoms with Gasteiger partial charge in [0.05, 0.1) is 4.47 Å². The molecule has 2 aromatic rings. The molecule has 0 radical (unpaired) electrons. The number of hydrogen-bond acceptors (Lipinski definition) is 4. The number of anilines is 1. The van der Waals surface area contributed by atoms with E-state index < -0.39 is 0 Å². The zero-order valence-corrected chi connectivity index (χ0v) is 13.7. The molecule has 1 aliphatic heterocycles. The summed E-state index contributed by atoms with van der Waals surface area (Å²) in [6, 6.07) is 3.92. The van der Waals surface area contributed by atoms with Crippen molar-refractivity contribution in [2.24, 2.45) is 0 Å². The highest BCUT2D eigenvalue weighted by molar-refractivity contribution is 9.10. The minimum absolute atomic E-state index is 0.558. The fraction of sp³-hybridized carbons (Fsp3) is 0.400. The fourth-order valence-corrected chi connectivity index (χ4v) is 3.15. The SMILES string of the molecule is CCc1nc(-c2cc(Br)c3c(c2)OCCO3)c(N)n1CC. The number of aryl methyl sites for hydroxylation is 1. The van der Waals surface area contributed by atoms with Crippen molar-refractivity contribution in [2.45, 2.75) is 26.8 Å². The highest BCUT2D eigenvalue weighted by atomic mass is 79.9. The van der Waals surface area contributed by atoms with Crippen LogP contribution in [0.5, 0.6) is 11.5 Å². The summed E-state index contributed by atoms with van der Waals surface area (Å²) in [5.41, 5.74) is 7.99.